The maximum atomic E-state index is 12.7. The Morgan fingerprint density at radius 3 is 2.70 bits per heavy atom. The minimum absolute atomic E-state index is 0.245. The number of amides is 1. The molecule has 23 heavy (non-hydrogen) atoms. The van der Waals surface area contributed by atoms with Gasteiger partial charge in [-0.05, 0) is 19.8 Å². The number of ether oxygens (including phenoxy) is 1. The zero-order valence-electron chi connectivity index (χ0n) is 13.3. The normalized spacial score (nSPS) is 16.9. The predicted molar refractivity (Wildman–Crippen MR) is 86.1 cm³/mol. The Morgan fingerprint density at radius 1 is 1.22 bits per heavy atom. The van der Waals surface area contributed by atoms with Crippen LogP contribution in [0, 0.1) is 0 Å². The summed E-state index contributed by atoms with van der Waals surface area (Å²) in [4.78, 5) is 25.1. The van der Waals surface area contributed by atoms with E-state index in [0.717, 1.165) is 30.0 Å². The van der Waals surface area contributed by atoms with Crippen molar-refractivity contribution < 1.29 is 18.7 Å². The highest BCUT2D eigenvalue weighted by atomic mass is 16.5. The number of esters is 1. The van der Waals surface area contributed by atoms with Gasteiger partial charge in [-0.1, -0.05) is 43.5 Å². The number of carbonyl (C=O) groups is 2. The van der Waals surface area contributed by atoms with Crippen molar-refractivity contribution >= 4 is 22.6 Å². The quantitative estimate of drug-likeness (QED) is 0.878. The second-order valence-corrected chi connectivity index (χ2v) is 5.97. The van der Waals surface area contributed by atoms with Crippen molar-refractivity contribution in [2.45, 2.75) is 44.6 Å². The summed E-state index contributed by atoms with van der Waals surface area (Å²) >= 11 is 0. The van der Waals surface area contributed by atoms with E-state index in [-0.39, 0.29) is 17.6 Å². The van der Waals surface area contributed by atoms with Crippen LogP contribution in [0.5, 0.6) is 0 Å². The zero-order valence-corrected chi connectivity index (χ0v) is 13.3. The van der Waals surface area contributed by atoms with Crippen LogP contribution in [-0.2, 0) is 9.53 Å². The molecule has 3 rings (SSSR count). The highest BCUT2D eigenvalue weighted by molar-refractivity contribution is 6.06. The molecule has 1 aromatic carbocycles. The molecule has 2 aromatic rings. The van der Waals surface area contributed by atoms with Crippen molar-refractivity contribution in [3.8, 4) is 0 Å². The molecule has 1 aliphatic rings. The molecule has 0 unspecified atom stereocenters. The molecule has 1 fully saturated rings. The van der Waals surface area contributed by atoms with E-state index >= 15 is 0 Å². The van der Waals surface area contributed by atoms with Crippen molar-refractivity contribution in [2.24, 2.45) is 0 Å². The molecule has 1 amide bonds. The number of rotatable bonds is 4. The van der Waals surface area contributed by atoms with Crippen molar-refractivity contribution in [1.29, 1.82) is 0 Å². The molecule has 1 N–H and O–H groups in total. The van der Waals surface area contributed by atoms with E-state index in [1.807, 2.05) is 24.3 Å². The summed E-state index contributed by atoms with van der Waals surface area (Å²) in [6.07, 6.45) is 5.64. The van der Waals surface area contributed by atoms with Crippen molar-refractivity contribution in [2.75, 3.05) is 6.61 Å². The SMILES string of the molecule is CCOC(=O)C1(NC(=O)c2occ3ccccc23)CCCCC1. The largest absolute Gasteiger partial charge is 0.464 e. The summed E-state index contributed by atoms with van der Waals surface area (Å²) in [7, 11) is 0. The summed E-state index contributed by atoms with van der Waals surface area (Å²) in [6, 6.07) is 7.47. The van der Waals surface area contributed by atoms with Gasteiger partial charge in [0.05, 0.1) is 12.9 Å². The Hall–Kier alpha value is -2.30. The lowest BCUT2D eigenvalue weighted by molar-refractivity contribution is -0.152. The third-order valence-electron chi connectivity index (χ3n) is 4.44. The summed E-state index contributed by atoms with van der Waals surface area (Å²) < 4.78 is 10.6. The van der Waals surface area contributed by atoms with Crippen LogP contribution in [0.25, 0.3) is 10.8 Å². The van der Waals surface area contributed by atoms with Gasteiger partial charge in [0.25, 0.3) is 5.91 Å². The fourth-order valence-electron chi connectivity index (χ4n) is 3.25. The minimum Gasteiger partial charge on any atom is -0.464 e. The number of hydrogen-bond acceptors (Lipinski definition) is 4. The Kier molecular flexibility index (Phi) is 4.37. The molecule has 0 aliphatic heterocycles. The van der Waals surface area contributed by atoms with Gasteiger partial charge >= 0.3 is 5.97 Å². The predicted octanol–water partition coefficient (Wildman–Crippen LogP) is 3.43. The summed E-state index contributed by atoms with van der Waals surface area (Å²) in [5, 5.41) is 4.52. The maximum absolute atomic E-state index is 12.7. The third kappa shape index (κ3) is 2.96. The molecule has 1 saturated carbocycles. The van der Waals surface area contributed by atoms with Crippen LogP contribution < -0.4 is 5.32 Å². The van der Waals surface area contributed by atoms with Gasteiger partial charge in [-0.2, -0.15) is 0 Å². The molecule has 5 nitrogen and oxygen atoms in total. The van der Waals surface area contributed by atoms with E-state index in [1.54, 1.807) is 13.2 Å². The second kappa shape index (κ2) is 6.44. The van der Waals surface area contributed by atoms with Crippen molar-refractivity contribution in [3.63, 3.8) is 0 Å². The second-order valence-electron chi connectivity index (χ2n) is 5.97. The van der Waals surface area contributed by atoms with E-state index < -0.39 is 5.54 Å². The average Bonchev–Trinajstić information content (AvgIpc) is 3.00. The lowest BCUT2D eigenvalue weighted by Crippen LogP contribution is -2.56. The number of benzene rings is 1. The van der Waals surface area contributed by atoms with Gasteiger partial charge in [-0.15, -0.1) is 0 Å². The molecule has 0 atom stereocenters. The molecule has 1 heterocycles. The lowest BCUT2D eigenvalue weighted by Gasteiger charge is -2.35. The monoisotopic (exact) mass is 315 g/mol. The summed E-state index contributed by atoms with van der Waals surface area (Å²) in [5.74, 6) is -0.458. The van der Waals surface area contributed by atoms with E-state index in [9.17, 15) is 9.59 Å². The fraction of sp³-hybridized carbons (Fsp3) is 0.444. The van der Waals surface area contributed by atoms with Crippen LogP contribution in [0.4, 0.5) is 0 Å². The van der Waals surface area contributed by atoms with Crippen molar-refractivity contribution in [1.82, 2.24) is 5.32 Å². The number of carbonyl (C=O) groups excluding carboxylic acids is 2. The van der Waals surface area contributed by atoms with Gasteiger partial charge < -0.3 is 14.5 Å². The first-order valence-electron chi connectivity index (χ1n) is 8.12. The average molecular weight is 315 g/mol. The Bertz CT molecular complexity index is 713. The van der Waals surface area contributed by atoms with Crippen LogP contribution in [0.1, 0.15) is 49.6 Å². The maximum Gasteiger partial charge on any atom is 0.331 e. The smallest absolute Gasteiger partial charge is 0.331 e. The van der Waals surface area contributed by atoms with E-state index in [0.29, 0.717) is 19.4 Å². The molecule has 1 aromatic heterocycles. The number of fused-ring (bicyclic) bond motifs is 1. The van der Waals surface area contributed by atoms with Gasteiger partial charge in [-0.3, -0.25) is 4.79 Å². The molecule has 122 valence electrons. The van der Waals surface area contributed by atoms with Gasteiger partial charge in [0.1, 0.15) is 5.54 Å². The van der Waals surface area contributed by atoms with E-state index in [1.165, 1.54) is 0 Å². The first kappa shape index (κ1) is 15.6. The first-order chi connectivity index (χ1) is 11.2. The molecule has 0 radical (unpaired) electrons. The van der Waals surface area contributed by atoms with Crippen LogP contribution in [0.15, 0.2) is 34.9 Å². The summed E-state index contributed by atoms with van der Waals surface area (Å²) in [6.45, 7) is 2.08. The highest BCUT2D eigenvalue weighted by Gasteiger charge is 2.43. The summed E-state index contributed by atoms with van der Waals surface area (Å²) in [5.41, 5.74) is -0.931. The molecule has 1 aliphatic carbocycles. The first-order valence-corrected chi connectivity index (χ1v) is 8.12. The van der Waals surface area contributed by atoms with E-state index in [4.69, 9.17) is 9.15 Å². The Balaban J connectivity index is 1.87. The third-order valence-corrected chi connectivity index (χ3v) is 4.44. The molecule has 5 heteroatoms. The molecule has 0 saturated heterocycles. The number of furan rings is 1. The standard InChI is InChI=1S/C18H21NO4/c1-2-22-17(21)18(10-6-3-7-11-18)19-16(20)15-14-9-5-4-8-13(14)12-23-15/h4-5,8-9,12H,2-3,6-7,10-11H2,1H3,(H,19,20). The molecular weight excluding hydrogens is 294 g/mol. The molecular formula is C18H21NO4. The van der Waals surface area contributed by atoms with Crippen LogP contribution >= 0.6 is 0 Å². The lowest BCUT2D eigenvalue weighted by atomic mass is 9.81. The van der Waals surface area contributed by atoms with Gasteiger partial charge in [-0.25, -0.2) is 4.79 Å². The highest BCUT2D eigenvalue weighted by Crippen LogP contribution is 2.30. The van der Waals surface area contributed by atoms with Gasteiger partial charge in [0, 0.05) is 10.8 Å². The van der Waals surface area contributed by atoms with Crippen LogP contribution in [0.3, 0.4) is 0 Å². The zero-order chi connectivity index (χ0) is 16.3. The van der Waals surface area contributed by atoms with Crippen LogP contribution in [-0.4, -0.2) is 24.0 Å². The van der Waals surface area contributed by atoms with Crippen LogP contribution in [0.2, 0.25) is 0 Å². The molecule has 0 bridgehead atoms. The topological polar surface area (TPSA) is 68.5 Å². The fourth-order valence-corrected chi connectivity index (χ4v) is 3.25. The van der Waals surface area contributed by atoms with E-state index in [2.05, 4.69) is 5.32 Å². The Morgan fingerprint density at radius 2 is 1.96 bits per heavy atom. The van der Waals surface area contributed by atoms with Gasteiger partial charge in [0.2, 0.25) is 0 Å². The molecule has 0 spiro atoms. The number of nitrogens with one attached hydrogen (secondary N) is 1. The minimum atomic E-state index is -0.931. The Labute approximate surface area is 135 Å². The van der Waals surface area contributed by atoms with Gasteiger partial charge in [0.15, 0.2) is 5.76 Å². The number of hydrogen-bond donors (Lipinski definition) is 1. The van der Waals surface area contributed by atoms with Crippen molar-refractivity contribution in [3.05, 3.63) is 36.3 Å².